The molecule has 1 aromatic rings. The molecule has 0 fully saturated rings. The van der Waals surface area contributed by atoms with Gasteiger partial charge in [-0.2, -0.15) is 5.26 Å². The van der Waals surface area contributed by atoms with Crippen LogP contribution in [0.1, 0.15) is 5.69 Å². The van der Waals surface area contributed by atoms with Gasteiger partial charge in [-0.3, -0.25) is 0 Å². The van der Waals surface area contributed by atoms with Gasteiger partial charge in [0.2, 0.25) is 0 Å². The Morgan fingerprint density at radius 3 is 2.87 bits per heavy atom. The summed E-state index contributed by atoms with van der Waals surface area (Å²) < 4.78 is 5.42. The lowest BCUT2D eigenvalue weighted by atomic mass is 10.3. The summed E-state index contributed by atoms with van der Waals surface area (Å²) in [6.45, 7) is 1.36. The van der Waals surface area contributed by atoms with Gasteiger partial charge in [-0.1, -0.05) is 11.6 Å². The molecule has 0 amide bonds. The Morgan fingerprint density at radius 1 is 1.53 bits per heavy atom. The fourth-order valence-electron chi connectivity index (χ4n) is 0.960. The van der Waals surface area contributed by atoms with Gasteiger partial charge in [0.25, 0.3) is 0 Å². The molecule has 15 heavy (non-hydrogen) atoms. The summed E-state index contributed by atoms with van der Waals surface area (Å²) in [5.41, 5.74) is 0.266. The summed E-state index contributed by atoms with van der Waals surface area (Å²) in [6, 6.07) is 5.09. The first-order valence-electron chi connectivity index (χ1n) is 4.47. The lowest BCUT2D eigenvalue weighted by molar-refractivity contribution is 0.261. The lowest BCUT2D eigenvalue weighted by Gasteiger charge is -2.10. The van der Waals surface area contributed by atoms with Crippen LogP contribution in [0.25, 0.3) is 0 Å². The number of likely N-dealkylation sites (N-methyl/N-ethyl adjacent to an activating group) is 1. The molecule has 0 aromatic carbocycles. The molecule has 0 atom stereocenters. The van der Waals surface area contributed by atoms with Crippen molar-refractivity contribution >= 4 is 11.6 Å². The third-order valence-corrected chi connectivity index (χ3v) is 1.88. The Morgan fingerprint density at radius 2 is 2.27 bits per heavy atom. The first kappa shape index (κ1) is 11.8. The lowest BCUT2D eigenvalue weighted by Crippen LogP contribution is -2.19. The van der Waals surface area contributed by atoms with Crippen LogP contribution in [-0.2, 0) is 0 Å². The van der Waals surface area contributed by atoms with E-state index in [0.717, 1.165) is 6.54 Å². The van der Waals surface area contributed by atoms with Crippen molar-refractivity contribution in [2.45, 2.75) is 0 Å². The summed E-state index contributed by atoms with van der Waals surface area (Å²) in [4.78, 5) is 5.82. The van der Waals surface area contributed by atoms with Gasteiger partial charge < -0.3 is 9.64 Å². The van der Waals surface area contributed by atoms with Crippen LogP contribution >= 0.6 is 11.6 Å². The van der Waals surface area contributed by atoms with Gasteiger partial charge in [-0.25, -0.2) is 4.98 Å². The van der Waals surface area contributed by atoms with Gasteiger partial charge in [-0.05, 0) is 14.1 Å². The van der Waals surface area contributed by atoms with Crippen LogP contribution in [0.4, 0.5) is 0 Å². The zero-order chi connectivity index (χ0) is 11.3. The first-order valence-corrected chi connectivity index (χ1v) is 4.85. The fourth-order valence-corrected chi connectivity index (χ4v) is 1.16. The number of aromatic nitrogens is 1. The van der Waals surface area contributed by atoms with E-state index < -0.39 is 0 Å². The second-order valence-corrected chi connectivity index (χ2v) is 3.66. The second kappa shape index (κ2) is 5.54. The van der Waals surface area contributed by atoms with E-state index in [1.54, 1.807) is 12.1 Å². The number of halogens is 1. The molecule has 0 spiro atoms. The Bertz CT molecular complexity index is 373. The number of rotatable bonds is 4. The largest absolute Gasteiger partial charge is 0.492 e. The van der Waals surface area contributed by atoms with Crippen LogP contribution in [0.3, 0.4) is 0 Å². The van der Waals surface area contributed by atoms with E-state index in [4.69, 9.17) is 21.6 Å². The molecule has 0 saturated heterocycles. The maximum Gasteiger partial charge on any atom is 0.145 e. The van der Waals surface area contributed by atoms with Crippen molar-refractivity contribution < 1.29 is 4.74 Å². The molecule has 0 bridgehead atoms. The molecular weight excluding hydrogens is 214 g/mol. The number of ether oxygens (including phenoxy) is 1. The minimum absolute atomic E-state index is 0.266. The molecule has 0 N–H and O–H groups in total. The van der Waals surface area contributed by atoms with Crippen LogP contribution < -0.4 is 4.74 Å². The van der Waals surface area contributed by atoms with Crippen molar-refractivity contribution in [2.24, 2.45) is 0 Å². The number of pyridine rings is 1. The zero-order valence-electron chi connectivity index (χ0n) is 8.70. The highest BCUT2D eigenvalue weighted by Crippen LogP contribution is 2.17. The zero-order valence-corrected chi connectivity index (χ0v) is 9.45. The molecular formula is C10H12ClN3O. The predicted octanol–water partition coefficient (Wildman–Crippen LogP) is 1.55. The van der Waals surface area contributed by atoms with Crippen LogP contribution in [-0.4, -0.2) is 37.1 Å². The van der Waals surface area contributed by atoms with Crippen molar-refractivity contribution in [1.82, 2.24) is 9.88 Å². The van der Waals surface area contributed by atoms with Gasteiger partial charge in [0.05, 0.1) is 0 Å². The molecule has 1 heterocycles. The average molecular weight is 226 g/mol. The summed E-state index contributed by atoms with van der Waals surface area (Å²) in [5, 5.41) is 8.94. The van der Waals surface area contributed by atoms with Gasteiger partial charge >= 0.3 is 0 Å². The molecule has 0 saturated carbocycles. The summed E-state index contributed by atoms with van der Waals surface area (Å²) in [5.74, 6) is 0.577. The molecule has 0 aliphatic carbocycles. The van der Waals surface area contributed by atoms with Gasteiger partial charge in [0.15, 0.2) is 0 Å². The van der Waals surface area contributed by atoms with Crippen molar-refractivity contribution in [1.29, 1.82) is 5.26 Å². The van der Waals surface area contributed by atoms with E-state index in [1.165, 1.54) is 0 Å². The van der Waals surface area contributed by atoms with Gasteiger partial charge in [-0.15, -0.1) is 0 Å². The Labute approximate surface area is 94.0 Å². The maximum absolute atomic E-state index is 8.67. The van der Waals surface area contributed by atoms with E-state index in [-0.39, 0.29) is 10.8 Å². The maximum atomic E-state index is 8.67. The molecule has 5 heteroatoms. The molecule has 4 nitrogen and oxygen atoms in total. The van der Waals surface area contributed by atoms with Crippen LogP contribution in [0.5, 0.6) is 5.75 Å². The Kier molecular flexibility index (Phi) is 4.35. The van der Waals surface area contributed by atoms with Crippen molar-refractivity contribution in [3.8, 4) is 11.8 Å². The third-order valence-electron chi connectivity index (χ3n) is 1.69. The number of hydrogen-bond donors (Lipinski definition) is 0. The van der Waals surface area contributed by atoms with E-state index >= 15 is 0 Å². The Balaban J connectivity index is 2.61. The van der Waals surface area contributed by atoms with Gasteiger partial charge in [0, 0.05) is 18.7 Å². The highest BCUT2D eigenvalue weighted by atomic mass is 35.5. The standard InChI is InChI=1S/C10H12ClN3O/c1-14(2)3-4-15-9-5-8(7-12)13-10(11)6-9/h5-6H,3-4H2,1-2H3. The monoisotopic (exact) mass is 225 g/mol. The van der Waals surface area contributed by atoms with Gasteiger partial charge in [0.1, 0.15) is 29.3 Å². The van der Waals surface area contributed by atoms with Crippen molar-refractivity contribution in [2.75, 3.05) is 27.2 Å². The fraction of sp³-hybridized carbons (Fsp3) is 0.400. The smallest absolute Gasteiger partial charge is 0.145 e. The SMILES string of the molecule is CN(C)CCOc1cc(Cl)nc(C#N)c1. The minimum Gasteiger partial charge on any atom is -0.492 e. The van der Waals surface area contributed by atoms with E-state index in [9.17, 15) is 0 Å². The number of hydrogen-bond acceptors (Lipinski definition) is 4. The van der Waals surface area contributed by atoms with Crippen LogP contribution in [0, 0.1) is 11.3 Å². The van der Waals surface area contributed by atoms with Crippen LogP contribution in [0.15, 0.2) is 12.1 Å². The summed E-state index contributed by atoms with van der Waals surface area (Å²) in [6.07, 6.45) is 0. The molecule has 0 aliphatic heterocycles. The Hall–Kier alpha value is -1.31. The third kappa shape index (κ3) is 4.15. The minimum atomic E-state index is 0.266. The van der Waals surface area contributed by atoms with E-state index in [1.807, 2.05) is 25.1 Å². The number of nitriles is 1. The number of nitrogens with zero attached hydrogens (tertiary/aromatic N) is 3. The van der Waals surface area contributed by atoms with Crippen molar-refractivity contribution in [3.63, 3.8) is 0 Å². The highest BCUT2D eigenvalue weighted by molar-refractivity contribution is 6.29. The molecule has 1 rings (SSSR count). The van der Waals surface area contributed by atoms with Crippen LogP contribution in [0.2, 0.25) is 5.15 Å². The second-order valence-electron chi connectivity index (χ2n) is 3.27. The van der Waals surface area contributed by atoms with E-state index in [2.05, 4.69) is 4.98 Å². The normalized spacial score (nSPS) is 10.1. The highest BCUT2D eigenvalue weighted by Gasteiger charge is 2.01. The summed E-state index contributed by atoms with van der Waals surface area (Å²) in [7, 11) is 3.92. The molecule has 0 unspecified atom stereocenters. The molecule has 0 radical (unpaired) electrons. The quantitative estimate of drug-likeness (QED) is 0.730. The average Bonchev–Trinajstić information content (AvgIpc) is 2.16. The topological polar surface area (TPSA) is 49.1 Å². The van der Waals surface area contributed by atoms with E-state index in [0.29, 0.717) is 12.4 Å². The predicted molar refractivity (Wildman–Crippen MR) is 58.0 cm³/mol. The molecule has 0 aliphatic rings. The molecule has 1 aromatic heterocycles. The first-order chi connectivity index (χ1) is 7.11. The van der Waals surface area contributed by atoms with Crippen molar-refractivity contribution in [3.05, 3.63) is 23.0 Å². The summed E-state index contributed by atoms with van der Waals surface area (Å²) >= 11 is 5.72. The molecule has 80 valence electrons.